The topological polar surface area (TPSA) is 24.4 Å². The van der Waals surface area contributed by atoms with Crippen molar-refractivity contribution in [2.45, 2.75) is 25.3 Å². The van der Waals surface area contributed by atoms with E-state index in [4.69, 9.17) is 23.2 Å². The molecule has 4 heteroatoms. The molecule has 1 aliphatic heterocycles. The maximum absolute atomic E-state index is 6.24. The number of halogens is 2. The quantitative estimate of drug-likeness (QED) is 0.330. The molecule has 2 nitrogen and oxygen atoms in total. The lowest BCUT2D eigenvalue weighted by atomic mass is 9.76. The number of hydrogen-bond acceptors (Lipinski definition) is 2. The fourth-order valence-electron chi connectivity index (χ4n) is 4.56. The maximum atomic E-state index is 6.24. The number of benzene rings is 3. The van der Waals surface area contributed by atoms with Crippen molar-refractivity contribution in [2.75, 3.05) is 5.32 Å². The van der Waals surface area contributed by atoms with E-state index in [-0.39, 0.29) is 0 Å². The Morgan fingerprint density at radius 1 is 1.00 bits per heavy atom. The van der Waals surface area contributed by atoms with Crippen LogP contribution in [-0.2, 0) is 0 Å². The van der Waals surface area contributed by atoms with Gasteiger partial charge in [0.2, 0.25) is 0 Å². The summed E-state index contributed by atoms with van der Waals surface area (Å²) < 4.78 is 0. The van der Waals surface area contributed by atoms with Crippen LogP contribution in [0.4, 0.5) is 11.4 Å². The highest BCUT2D eigenvalue weighted by atomic mass is 35.5. The van der Waals surface area contributed by atoms with E-state index in [1.54, 1.807) is 12.3 Å². The Kier molecular flexibility index (Phi) is 5.14. The highest BCUT2D eigenvalue weighted by Gasteiger charge is 2.37. The number of aryl methyl sites for hydroxylation is 1. The third-order valence-corrected chi connectivity index (χ3v) is 6.65. The molecule has 1 N–H and O–H groups in total. The first-order chi connectivity index (χ1) is 14.6. The summed E-state index contributed by atoms with van der Waals surface area (Å²) in [6.45, 7) is 2.16. The molecule has 1 heterocycles. The van der Waals surface area contributed by atoms with Gasteiger partial charge in [0.15, 0.2) is 0 Å². The smallest absolute Gasteiger partial charge is 0.0630 e. The van der Waals surface area contributed by atoms with Gasteiger partial charge in [-0.1, -0.05) is 71.2 Å². The lowest BCUT2D eigenvalue weighted by molar-refractivity contribution is 0.425. The first-order valence-electron chi connectivity index (χ1n) is 10.2. The van der Waals surface area contributed by atoms with Crippen molar-refractivity contribution in [2.24, 2.45) is 10.9 Å². The molecule has 3 atom stereocenters. The van der Waals surface area contributed by atoms with Crippen LogP contribution >= 0.6 is 23.2 Å². The summed E-state index contributed by atoms with van der Waals surface area (Å²) in [6.07, 6.45) is 7.59. The molecule has 5 rings (SSSR count). The van der Waals surface area contributed by atoms with E-state index in [1.165, 1.54) is 22.4 Å². The zero-order valence-corrected chi connectivity index (χ0v) is 18.2. The lowest BCUT2D eigenvalue weighted by Gasteiger charge is -2.37. The molecule has 1 aliphatic carbocycles. The SMILES string of the molecule is Cc1ccc2c(c1)[C@H]1C=CC[C@H]1[C@H](c1ccc(N=Cc3ccc(Cl)cc3Cl)cc1)N2. The van der Waals surface area contributed by atoms with Gasteiger partial charge in [0.1, 0.15) is 0 Å². The number of fused-ring (bicyclic) bond motifs is 3. The molecule has 0 radical (unpaired) electrons. The maximum Gasteiger partial charge on any atom is 0.0630 e. The Hall–Kier alpha value is -2.55. The summed E-state index contributed by atoms with van der Waals surface area (Å²) in [6, 6.07) is 20.9. The highest BCUT2D eigenvalue weighted by molar-refractivity contribution is 6.36. The molecule has 0 saturated carbocycles. The summed E-state index contributed by atoms with van der Waals surface area (Å²) >= 11 is 12.2. The second-order valence-electron chi connectivity index (χ2n) is 8.08. The van der Waals surface area contributed by atoms with Crippen LogP contribution in [0, 0.1) is 12.8 Å². The van der Waals surface area contributed by atoms with Gasteiger partial charge in [-0.2, -0.15) is 0 Å². The van der Waals surface area contributed by atoms with Gasteiger partial charge in [-0.15, -0.1) is 0 Å². The van der Waals surface area contributed by atoms with Gasteiger partial charge in [0.25, 0.3) is 0 Å². The second-order valence-corrected chi connectivity index (χ2v) is 8.93. The van der Waals surface area contributed by atoms with Gasteiger partial charge in [-0.25, -0.2) is 0 Å². The average molecular weight is 433 g/mol. The van der Waals surface area contributed by atoms with Crippen molar-refractivity contribution < 1.29 is 0 Å². The average Bonchev–Trinajstić information content (AvgIpc) is 3.23. The molecule has 0 bridgehead atoms. The Morgan fingerprint density at radius 2 is 1.83 bits per heavy atom. The lowest BCUT2D eigenvalue weighted by Crippen LogP contribution is -2.29. The Balaban J connectivity index is 1.39. The van der Waals surface area contributed by atoms with Gasteiger partial charge in [0, 0.05) is 28.4 Å². The van der Waals surface area contributed by atoms with E-state index >= 15 is 0 Å². The number of aliphatic imine (C=N–C) groups is 1. The van der Waals surface area contributed by atoms with E-state index in [0.29, 0.717) is 27.9 Å². The van der Waals surface area contributed by atoms with Gasteiger partial charge in [0.05, 0.1) is 16.8 Å². The van der Waals surface area contributed by atoms with Crippen LogP contribution in [0.1, 0.15) is 40.6 Å². The Morgan fingerprint density at radius 3 is 2.63 bits per heavy atom. The Bertz CT molecular complexity index is 1150. The van der Waals surface area contributed by atoms with Crippen molar-refractivity contribution in [1.82, 2.24) is 0 Å². The van der Waals surface area contributed by atoms with Crippen LogP contribution in [0.15, 0.2) is 77.8 Å². The molecule has 3 aromatic rings. The minimum absolute atomic E-state index is 0.295. The largest absolute Gasteiger partial charge is 0.378 e. The molecule has 3 aromatic carbocycles. The van der Waals surface area contributed by atoms with Crippen LogP contribution < -0.4 is 5.32 Å². The van der Waals surface area contributed by atoms with E-state index in [1.807, 2.05) is 12.1 Å². The molecule has 0 fully saturated rings. The van der Waals surface area contributed by atoms with Crippen molar-refractivity contribution in [3.8, 4) is 0 Å². The van der Waals surface area contributed by atoms with Gasteiger partial charge in [-0.3, -0.25) is 4.99 Å². The monoisotopic (exact) mass is 432 g/mol. The zero-order valence-electron chi connectivity index (χ0n) is 16.6. The molecule has 0 saturated heterocycles. The molecule has 2 aliphatic rings. The number of hydrogen-bond donors (Lipinski definition) is 1. The minimum Gasteiger partial charge on any atom is -0.378 e. The van der Waals surface area contributed by atoms with E-state index in [2.05, 4.69) is 71.8 Å². The van der Waals surface area contributed by atoms with Crippen molar-refractivity contribution >= 4 is 40.8 Å². The van der Waals surface area contributed by atoms with Crippen LogP contribution in [0.5, 0.6) is 0 Å². The fraction of sp³-hybridized carbons (Fsp3) is 0.192. The standard InChI is InChI=1S/C26H22Cl2N2/c1-16-5-12-25-23(13-16)21-3-2-4-22(21)26(30-25)17-7-10-20(11-8-17)29-15-18-6-9-19(27)14-24(18)28/h2-3,5-15,21-22,26,30H,4H2,1H3/t21-,22+,26-/m0/s1. The molecule has 0 amide bonds. The summed E-state index contributed by atoms with van der Waals surface area (Å²) in [7, 11) is 0. The van der Waals surface area contributed by atoms with Crippen molar-refractivity contribution in [3.05, 3.63) is 105 Å². The number of nitrogens with zero attached hydrogens (tertiary/aromatic N) is 1. The van der Waals surface area contributed by atoms with Gasteiger partial charge < -0.3 is 5.32 Å². The molecule has 30 heavy (non-hydrogen) atoms. The number of rotatable bonds is 3. The molecule has 0 aromatic heterocycles. The fourth-order valence-corrected chi connectivity index (χ4v) is 5.02. The third-order valence-electron chi connectivity index (χ3n) is 6.09. The molecular formula is C26H22Cl2N2. The second kappa shape index (κ2) is 7.94. The zero-order chi connectivity index (χ0) is 20.7. The summed E-state index contributed by atoms with van der Waals surface area (Å²) in [5.41, 5.74) is 7.03. The number of anilines is 1. The van der Waals surface area contributed by atoms with Crippen molar-refractivity contribution in [1.29, 1.82) is 0 Å². The van der Waals surface area contributed by atoms with Crippen molar-refractivity contribution in [3.63, 3.8) is 0 Å². The first kappa shape index (κ1) is 19.4. The summed E-state index contributed by atoms with van der Waals surface area (Å²) in [5.74, 6) is 1.03. The molecule has 0 unspecified atom stereocenters. The van der Waals surface area contributed by atoms with E-state index < -0.39 is 0 Å². The van der Waals surface area contributed by atoms with Crippen LogP contribution in [0.25, 0.3) is 0 Å². The number of nitrogens with one attached hydrogen (secondary N) is 1. The molecular weight excluding hydrogens is 411 g/mol. The van der Waals surface area contributed by atoms with Crippen LogP contribution in [0.2, 0.25) is 10.0 Å². The van der Waals surface area contributed by atoms with Gasteiger partial charge in [-0.05, 0) is 60.7 Å². The predicted molar refractivity (Wildman–Crippen MR) is 128 cm³/mol. The normalized spacial score (nSPS) is 22.0. The minimum atomic E-state index is 0.295. The number of allylic oxidation sites excluding steroid dienone is 2. The molecule has 150 valence electrons. The third kappa shape index (κ3) is 3.66. The Labute approximate surface area is 187 Å². The van der Waals surface area contributed by atoms with Gasteiger partial charge >= 0.3 is 0 Å². The summed E-state index contributed by atoms with van der Waals surface area (Å²) in [5, 5.41) is 5.02. The first-order valence-corrected chi connectivity index (χ1v) is 11.0. The van der Waals surface area contributed by atoms with E-state index in [0.717, 1.165) is 17.7 Å². The predicted octanol–water partition coefficient (Wildman–Crippen LogP) is 7.88. The summed E-state index contributed by atoms with van der Waals surface area (Å²) in [4.78, 5) is 4.58. The molecule has 0 spiro atoms. The highest BCUT2D eigenvalue weighted by Crippen LogP contribution is 2.50. The van der Waals surface area contributed by atoms with E-state index in [9.17, 15) is 0 Å². The van der Waals surface area contributed by atoms with Crippen LogP contribution in [-0.4, -0.2) is 6.21 Å². The van der Waals surface area contributed by atoms with Crippen LogP contribution in [0.3, 0.4) is 0 Å².